The standard InChI is InChI=1S/C11H23N3/c1-5-8-11(10-13-12-4)14(7-3)9-6-2/h5,8,12-13H,1,6-7,9-10H2,2-4H3. The summed E-state index contributed by atoms with van der Waals surface area (Å²) in [5.74, 6) is 0. The molecule has 0 rings (SSSR count). The lowest BCUT2D eigenvalue weighted by molar-refractivity contribution is 0.346. The Hall–Kier alpha value is -0.800. The highest BCUT2D eigenvalue weighted by Crippen LogP contribution is 2.04. The lowest BCUT2D eigenvalue weighted by Crippen LogP contribution is -2.35. The van der Waals surface area contributed by atoms with Gasteiger partial charge in [0.15, 0.2) is 0 Å². The van der Waals surface area contributed by atoms with Crippen molar-refractivity contribution in [1.82, 2.24) is 15.8 Å². The molecule has 0 aliphatic rings. The number of allylic oxidation sites excluding steroid dienone is 2. The summed E-state index contributed by atoms with van der Waals surface area (Å²) >= 11 is 0. The Kier molecular flexibility index (Phi) is 8.28. The van der Waals surface area contributed by atoms with Gasteiger partial charge in [-0.05, 0) is 26.5 Å². The maximum Gasteiger partial charge on any atom is 0.0500 e. The molecule has 0 amide bonds. The third-order valence-corrected chi connectivity index (χ3v) is 2.04. The summed E-state index contributed by atoms with van der Waals surface area (Å²) in [6.07, 6.45) is 5.07. The first kappa shape index (κ1) is 13.2. The van der Waals surface area contributed by atoms with Crippen LogP contribution in [-0.2, 0) is 0 Å². The normalized spacial score (nSPS) is 11.5. The molecule has 0 bridgehead atoms. The lowest BCUT2D eigenvalue weighted by Gasteiger charge is -2.25. The first-order chi connectivity index (χ1) is 6.79. The minimum atomic E-state index is 0.830. The van der Waals surface area contributed by atoms with Gasteiger partial charge in [0, 0.05) is 18.8 Å². The first-order valence-corrected chi connectivity index (χ1v) is 5.26. The monoisotopic (exact) mass is 197 g/mol. The second kappa shape index (κ2) is 8.78. The summed E-state index contributed by atoms with van der Waals surface area (Å²) in [5.41, 5.74) is 7.30. The summed E-state index contributed by atoms with van der Waals surface area (Å²) in [5, 5.41) is 0. The molecule has 0 aromatic heterocycles. The summed E-state index contributed by atoms with van der Waals surface area (Å²) in [7, 11) is 1.88. The van der Waals surface area contributed by atoms with Gasteiger partial charge in [0.1, 0.15) is 0 Å². The number of likely N-dealkylation sites (N-methyl/N-ethyl adjacent to an activating group) is 1. The summed E-state index contributed by atoms with van der Waals surface area (Å²) in [6.45, 7) is 11.1. The minimum absolute atomic E-state index is 0.830. The first-order valence-electron chi connectivity index (χ1n) is 5.26. The molecular formula is C11H23N3. The fourth-order valence-electron chi connectivity index (χ4n) is 1.37. The van der Waals surface area contributed by atoms with E-state index in [1.165, 1.54) is 12.1 Å². The number of hydrogen-bond donors (Lipinski definition) is 2. The molecule has 3 heteroatoms. The molecule has 0 aromatic carbocycles. The molecule has 0 aliphatic heterocycles. The zero-order valence-electron chi connectivity index (χ0n) is 9.64. The highest BCUT2D eigenvalue weighted by Gasteiger charge is 2.04. The Morgan fingerprint density at radius 3 is 2.57 bits per heavy atom. The number of rotatable bonds is 8. The molecule has 0 atom stereocenters. The third kappa shape index (κ3) is 5.04. The van der Waals surface area contributed by atoms with Crippen LogP contribution < -0.4 is 10.9 Å². The van der Waals surface area contributed by atoms with E-state index in [2.05, 4.69) is 42.3 Å². The number of hydrogen-bond acceptors (Lipinski definition) is 3. The molecule has 0 spiro atoms. The van der Waals surface area contributed by atoms with Crippen molar-refractivity contribution >= 4 is 0 Å². The Labute approximate surface area is 87.8 Å². The van der Waals surface area contributed by atoms with E-state index in [1.807, 2.05) is 13.1 Å². The molecular weight excluding hydrogens is 174 g/mol. The fraction of sp³-hybridized carbons (Fsp3) is 0.636. The van der Waals surface area contributed by atoms with Gasteiger partial charge in [0.05, 0.1) is 6.54 Å². The zero-order valence-corrected chi connectivity index (χ0v) is 9.64. The molecule has 14 heavy (non-hydrogen) atoms. The van der Waals surface area contributed by atoms with Crippen LogP contribution in [0.4, 0.5) is 0 Å². The largest absolute Gasteiger partial charge is 0.374 e. The predicted molar refractivity (Wildman–Crippen MR) is 62.9 cm³/mol. The molecule has 0 radical (unpaired) electrons. The molecule has 3 nitrogen and oxygen atoms in total. The molecule has 0 saturated carbocycles. The highest BCUT2D eigenvalue weighted by molar-refractivity contribution is 5.10. The zero-order chi connectivity index (χ0) is 10.8. The van der Waals surface area contributed by atoms with E-state index in [0.29, 0.717) is 0 Å². The van der Waals surface area contributed by atoms with E-state index in [1.54, 1.807) is 0 Å². The molecule has 0 unspecified atom stereocenters. The lowest BCUT2D eigenvalue weighted by atomic mass is 10.3. The van der Waals surface area contributed by atoms with E-state index in [-0.39, 0.29) is 0 Å². The number of nitrogens with one attached hydrogen (secondary N) is 2. The van der Waals surface area contributed by atoms with Gasteiger partial charge in [-0.1, -0.05) is 19.6 Å². The van der Waals surface area contributed by atoms with Gasteiger partial charge in [-0.3, -0.25) is 10.9 Å². The molecule has 0 heterocycles. The SMILES string of the molecule is C=CC=C(CNNC)N(CC)CCC. The summed E-state index contributed by atoms with van der Waals surface area (Å²) < 4.78 is 0. The van der Waals surface area contributed by atoms with Gasteiger partial charge in [0.25, 0.3) is 0 Å². The second-order valence-corrected chi connectivity index (χ2v) is 3.08. The molecule has 0 saturated heterocycles. The van der Waals surface area contributed by atoms with Crippen LogP contribution >= 0.6 is 0 Å². The maximum absolute atomic E-state index is 3.73. The van der Waals surface area contributed by atoms with E-state index in [0.717, 1.165) is 19.6 Å². The number of nitrogens with zero attached hydrogens (tertiary/aromatic N) is 1. The average Bonchev–Trinajstić information content (AvgIpc) is 2.21. The number of hydrazine groups is 1. The Bertz CT molecular complexity index is 175. The molecule has 0 aromatic rings. The predicted octanol–water partition coefficient (Wildman–Crippen LogP) is 1.51. The van der Waals surface area contributed by atoms with Crippen molar-refractivity contribution < 1.29 is 0 Å². The van der Waals surface area contributed by atoms with E-state index in [4.69, 9.17) is 0 Å². The van der Waals surface area contributed by atoms with Crippen LogP contribution in [0.15, 0.2) is 24.4 Å². The molecule has 82 valence electrons. The van der Waals surface area contributed by atoms with Crippen molar-refractivity contribution in [2.75, 3.05) is 26.7 Å². The van der Waals surface area contributed by atoms with Crippen molar-refractivity contribution in [1.29, 1.82) is 0 Å². The Balaban J connectivity index is 4.27. The third-order valence-electron chi connectivity index (χ3n) is 2.04. The van der Waals surface area contributed by atoms with Crippen LogP contribution in [0.25, 0.3) is 0 Å². The van der Waals surface area contributed by atoms with E-state index < -0.39 is 0 Å². The topological polar surface area (TPSA) is 27.3 Å². The Morgan fingerprint density at radius 2 is 2.14 bits per heavy atom. The van der Waals surface area contributed by atoms with Crippen LogP contribution in [0.5, 0.6) is 0 Å². The average molecular weight is 197 g/mol. The highest BCUT2D eigenvalue weighted by atomic mass is 15.3. The van der Waals surface area contributed by atoms with Crippen molar-refractivity contribution in [2.45, 2.75) is 20.3 Å². The smallest absolute Gasteiger partial charge is 0.0500 e. The molecule has 0 aliphatic carbocycles. The fourth-order valence-corrected chi connectivity index (χ4v) is 1.37. The van der Waals surface area contributed by atoms with Crippen LogP contribution in [0.2, 0.25) is 0 Å². The van der Waals surface area contributed by atoms with Crippen molar-refractivity contribution in [3.05, 3.63) is 24.4 Å². The minimum Gasteiger partial charge on any atom is -0.374 e. The van der Waals surface area contributed by atoms with Gasteiger partial charge >= 0.3 is 0 Å². The van der Waals surface area contributed by atoms with Gasteiger partial charge in [-0.2, -0.15) is 0 Å². The summed E-state index contributed by atoms with van der Waals surface area (Å²) in [6, 6.07) is 0. The van der Waals surface area contributed by atoms with Crippen molar-refractivity contribution in [2.24, 2.45) is 0 Å². The summed E-state index contributed by atoms with van der Waals surface area (Å²) in [4.78, 5) is 2.35. The van der Waals surface area contributed by atoms with Gasteiger partial charge < -0.3 is 4.90 Å². The van der Waals surface area contributed by atoms with Crippen LogP contribution in [0, 0.1) is 0 Å². The Morgan fingerprint density at radius 1 is 1.43 bits per heavy atom. The van der Waals surface area contributed by atoms with Crippen molar-refractivity contribution in [3.8, 4) is 0 Å². The van der Waals surface area contributed by atoms with Crippen LogP contribution in [0.3, 0.4) is 0 Å². The molecule has 0 fully saturated rings. The quantitative estimate of drug-likeness (QED) is 0.456. The second-order valence-electron chi connectivity index (χ2n) is 3.08. The van der Waals surface area contributed by atoms with E-state index >= 15 is 0 Å². The van der Waals surface area contributed by atoms with Crippen molar-refractivity contribution in [3.63, 3.8) is 0 Å². The van der Waals surface area contributed by atoms with E-state index in [9.17, 15) is 0 Å². The molecule has 2 N–H and O–H groups in total. The maximum atomic E-state index is 3.73. The van der Waals surface area contributed by atoms with Gasteiger partial charge in [-0.25, -0.2) is 0 Å². The van der Waals surface area contributed by atoms with Crippen LogP contribution in [-0.4, -0.2) is 31.6 Å². The van der Waals surface area contributed by atoms with Crippen LogP contribution in [0.1, 0.15) is 20.3 Å². The van der Waals surface area contributed by atoms with Gasteiger partial charge in [-0.15, -0.1) is 0 Å². The van der Waals surface area contributed by atoms with Gasteiger partial charge in [0.2, 0.25) is 0 Å².